The molecule has 0 aromatic heterocycles. The number of aromatic hydroxyl groups is 1. The predicted molar refractivity (Wildman–Crippen MR) is 80.8 cm³/mol. The van der Waals surface area contributed by atoms with Gasteiger partial charge in [0.05, 0.1) is 5.69 Å². The monoisotopic (exact) mass is 283 g/mol. The van der Waals surface area contributed by atoms with Gasteiger partial charge in [0.1, 0.15) is 11.5 Å². The van der Waals surface area contributed by atoms with E-state index in [9.17, 15) is 9.90 Å². The second-order valence-electron chi connectivity index (χ2n) is 5.41. The van der Waals surface area contributed by atoms with Crippen molar-refractivity contribution in [3.8, 4) is 11.5 Å². The van der Waals surface area contributed by atoms with Crippen molar-refractivity contribution in [1.29, 1.82) is 0 Å². The number of phenolic OH excluding ortho intramolecular Hbond substituents is 1. The molecule has 2 aromatic carbocycles. The van der Waals surface area contributed by atoms with Crippen LogP contribution in [0.1, 0.15) is 16.7 Å². The van der Waals surface area contributed by atoms with Gasteiger partial charge in [-0.25, -0.2) is 0 Å². The quantitative estimate of drug-likeness (QED) is 0.833. The van der Waals surface area contributed by atoms with E-state index < -0.39 is 6.10 Å². The lowest BCUT2D eigenvalue weighted by Crippen LogP contribution is -2.38. The minimum absolute atomic E-state index is 0.121. The van der Waals surface area contributed by atoms with Gasteiger partial charge in [-0.05, 0) is 37.1 Å². The summed E-state index contributed by atoms with van der Waals surface area (Å²) in [4.78, 5) is 12.1. The number of amides is 1. The molecule has 0 saturated carbocycles. The number of ether oxygens (including phenoxy) is 1. The maximum Gasteiger partial charge on any atom is 0.265 e. The number of hydrogen-bond acceptors (Lipinski definition) is 3. The molecule has 0 spiro atoms. The van der Waals surface area contributed by atoms with E-state index in [4.69, 9.17) is 4.74 Å². The van der Waals surface area contributed by atoms with Crippen molar-refractivity contribution >= 4 is 11.6 Å². The van der Waals surface area contributed by atoms with E-state index in [0.29, 0.717) is 17.9 Å². The molecular weight excluding hydrogens is 266 g/mol. The van der Waals surface area contributed by atoms with Gasteiger partial charge in [-0.15, -0.1) is 0 Å². The highest BCUT2D eigenvalue weighted by atomic mass is 16.5. The summed E-state index contributed by atoms with van der Waals surface area (Å²) < 4.78 is 5.75. The Balaban J connectivity index is 1.86. The van der Waals surface area contributed by atoms with Crippen LogP contribution < -0.4 is 10.1 Å². The number of carbonyl (C=O) groups excluding carboxylic acids is 1. The van der Waals surface area contributed by atoms with Gasteiger partial charge in [0.2, 0.25) is 0 Å². The molecule has 108 valence electrons. The highest BCUT2D eigenvalue weighted by Gasteiger charge is 2.28. The van der Waals surface area contributed by atoms with E-state index in [0.717, 1.165) is 16.7 Å². The normalized spacial score (nSPS) is 16.9. The van der Waals surface area contributed by atoms with Crippen molar-refractivity contribution < 1.29 is 14.6 Å². The molecule has 1 aliphatic rings. The average molecular weight is 283 g/mol. The summed E-state index contributed by atoms with van der Waals surface area (Å²) in [5.74, 6) is 0.467. The van der Waals surface area contributed by atoms with Crippen LogP contribution in [0.25, 0.3) is 0 Å². The maximum atomic E-state index is 12.1. The highest BCUT2D eigenvalue weighted by Crippen LogP contribution is 2.33. The first-order valence-corrected chi connectivity index (χ1v) is 6.89. The van der Waals surface area contributed by atoms with Crippen LogP contribution in [0.4, 0.5) is 5.69 Å². The highest BCUT2D eigenvalue weighted by molar-refractivity contribution is 5.98. The Morgan fingerprint density at radius 1 is 1.19 bits per heavy atom. The van der Waals surface area contributed by atoms with Gasteiger partial charge in [-0.3, -0.25) is 4.79 Å². The summed E-state index contributed by atoms with van der Waals surface area (Å²) in [6.07, 6.45) is -0.0751. The Bertz CT molecular complexity index is 709. The van der Waals surface area contributed by atoms with Crippen LogP contribution in [0.5, 0.6) is 11.5 Å². The number of nitrogens with one attached hydrogen (secondary N) is 1. The molecule has 4 nitrogen and oxygen atoms in total. The lowest BCUT2D eigenvalue weighted by Gasteiger charge is -2.26. The zero-order chi connectivity index (χ0) is 15.0. The number of hydrogen-bond donors (Lipinski definition) is 2. The zero-order valence-electron chi connectivity index (χ0n) is 12.0. The van der Waals surface area contributed by atoms with Gasteiger partial charge in [0, 0.05) is 12.5 Å². The van der Waals surface area contributed by atoms with Crippen LogP contribution in [-0.4, -0.2) is 17.1 Å². The van der Waals surface area contributed by atoms with Gasteiger partial charge in [0.25, 0.3) is 5.91 Å². The largest absolute Gasteiger partial charge is 0.508 e. The Hall–Kier alpha value is -2.49. The first kappa shape index (κ1) is 13.5. The van der Waals surface area contributed by atoms with E-state index >= 15 is 0 Å². The Morgan fingerprint density at radius 2 is 2.00 bits per heavy atom. The average Bonchev–Trinajstić information content (AvgIpc) is 2.44. The lowest BCUT2D eigenvalue weighted by atomic mass is 9.99. The third-order valence-electron chi connectivity index (χ3n) is 3.69. The third kappa shape index (κ3) is 2.70. The molecule has 2 aromatic rings. The second-order valence-corrected chi connectivity index (χ2v) is 5.41. The van der Waals surface area contributed by atoms with E-state index in [1.807, 2.05) is 26.0 Å². The SMILES string of the molecule is Cc1ccc(C)c(CC2Oc3cc(O)ccc3NC2=O)c1. The van der Waals surface area contributed by atoms with E-state index in [1.165, 1.54) is 12.1 Å². The molecule has 1 amide bonds. The minimum atomic E-state index is -0.584. The molecule has 0 saturated heterocycles. The Labute approximate surface area is 123 Å². The molecule has 21 heavy (non-hydrogen) atoms. The number of carbonyl (C=O) groups is 1. The number of phenols is 1. The van der Waals surface area contributed by atoms with E-state index in [2.05, 4.69) is 11.4 Å². The van der Waals surface area contributed by atoms with Crippen molar-refractivity contribution in [3.63, 3.8) is 0 Å². The molecule has 0 radical (unpaired) electrons. The van der Waals surface area contributed by atoms with Gasteiger partial charge in [0.15, 0.2) is 6.10 Å². The molecule has 4 heteroatoms. The predicted octanol–water partition coefficient (Wildman–Crippen LogP) is 2.95. The fraction of sp³-hybridized carbons (Fsp3) is 0.235. The topological polar surface area (TPSA) is 58.6 Å². The maximum absolute atomic E-state index is 12.1. The summed E-state index contributed by atoms with van der Waals surface area (Å²) in [6, 6.07) is 10.8. The smallest absolute Gasteiger partial charge is 0.265 e. The summed E-state index contributed by atoms with van der Waals surface area (Å²) in [7, 11) is 0. The number of fused-ring (bicyclic) bond motifs is 1. The fourth-order valence-electron chi connectivity index (χ4n) is 2.49. The van der Waals surface area contributed by atoms with E-state index in [-0.39, 0.29) is 11.7 Å². The molecular formula is C17H17NO3. The van der Waals surface area contributed by atoms with Crippen molar-refractivity contribution in [2.24, 2.45) is 0 Å². The summed E-state index contributed by atoms with van der Waals surface area (Å²) in [5, 5.41) is 12.3. The van der Waals surface area contributed by atoms with Crippen LogP contribution in [0, 0.1) is 13.8 Å². The first-order chi connectivity index (χ1) is 10.0. The van der Waals surface area contributed by atoms with Crippen molar-refractivity contribution in [1.82, 2.24) is 0 Å². The van der Waals surface area contributed by atoms with Gasteiger partial charge in [-0.1, -0.05) is 23.8 Å². The van der Waals surface area contributed by atoms with Gasteiger partial charge >= 0.3 is 0 Å². The van der Waals surface area contributed by atoms with Gasteiger partial charge < -0.3 is 15.2 Å². The Kier molecular flexibility index (Phi) is 3.29. The van der Waals surface area contributed by atoms with Crippen LogP contribution in [0.3, 0.4) is 0 Å². The Morgan fingerprint density at radius 3 is 2.81 bits per heavy atom. The van der Waals surface area contributed by atoms with Crippen molar-refractivity contribution in [2.45, 2.75) is 26.4 Å². The fourth-order valence-corrected chi connectivity index (χ4v) is 2.49. The molecule has 1 aliphatic heterocycles. The molecule has 1 heterocycles. The molecule has 1 atom stereocenters. The lowest BCUT2D eigenvalue weighted by molar-refractivity contribution is -0.123. The number of benzene rings is 2. The first-order valence-electron chi connectivity index (χ1n) is 6.89. The molecule has 1 unspecified atom stereocenters. The molecule has 3 rings (SSSR count). The van der Waals surface area contributed by atoms with Gasteiger partial charge in [-0.2, -0.15) is 0 Å². The van der Waals surface area contributed by atoms with Crippen LogP contribution in [-0.2, 0) is 11.2 Å². The van der Waals surface area contributed by atoms with Crippen LogP contribution in [0.15, 0.2) is 36.4 Å². The van der Waals surface area contributed by atoms with Crippen LogP contribution in [0.2, 0.25) is 0 Å². The van der Waals surface area contributed by atoms with Crippen LogP contribution >= 0.6 is 0 Å². The third-order valence-corrected chi connectivity index (χ3v) is 3.69. The number of aryl methyl sites for hydroxylation is 2. The van der Waals surface area contributed by atoms with Crippen molar-refractivity contribution in [3.05, 3.63) is 53.1 Å². The zero-order valence-corrected chi connectivity index (χ0v) is 12.0. The standard InChI is InChI=1S/C17H17NO3/c1-10-3-4-11(2)12(7-10)8-16-17(20)18-14-6-5-13(19)9-15(14)21-16/h3-7,9,16,19H,8H2,1-2H3,(H,18,20). The van der Waals surface area contributed by atoms with E-state index in [1.54, 1.807) is 6.07 Å². The molecule has 0 fully saturated rings. The molecule has 0 bridgehead atoms. The molecule has 0 aliphatic carbocycles. The number of anilines is 1. The summed E-state index contributed by atoms with van der Waals surface area (Å²) >= 11 is 0. The minimum Gasteiger partial charge on any atom is -0.508 e. The van der Waals surface area contributed by atoms with Crippen molar-refractivity contribution in [2.75, 3.05) is 5.32 Å². The second kappa shape index (κ2) is 5.13. The number of rotatable bonds is 2. The molecule has 2 N–H and O–H groups in total. The summed E-state index contributed by atoms with van der Waals surface area (Å²) in [6.45, 7) is 4.05. The summed E-state index contributed by atoms with van der Waals surface area (Å²) in [5.41, 5.74) is 3.98.